The van der Waals surface area contributed by atoms with E-state index < -0.39 is 11.6 Å². The standard InChI is InChI=1S/C27H29F2N5O2/c1-32-13-20-25-24(19-11-17(28)4-5-22(19)32)21(29)12-30-27(25)31-26(20)16-6-9-33(10-7-16)14-23(36)34-8-2-3-18(34)15-35/h4-6,11-12,18,35H,2-3,7-10,13-15H2,1H3,(H,30,31)/t18-/m0/s1. The molecule has 3 aliphatic rings. The highest BCUT2D eigenvalue weighted by Crippen LogP contribution is 2.44. The minimum Gasteiger partial charge on any atom is -0.394 e. The van der Waals surface area contributed by atoms with E-state index in [0.717, 1.165) is 48.3 Å². The normalized spacial score (nSPS) is 20.0. The second kappa shape index (κ2) is 8.97. The quantitative estimate of drug-likeness (QED) is 0.582. The van der Waals surface area contributed by atoms with Gasteiger partial charge in [0, 0.05) is 66.7 Å². The van der Waals surface area contributed by atoms with Crippen molar-refractivity contribution in [3.63, 3.8) is 0 Å². The maximum Gasteiger partial charge on any atom is 0.237 e. The number of hydrogen-bond acceptors (Lipinski definition) is 5. The third-order valence-corrected chi connectivity index (χ3v) is 7.80. The molecule has 0 unspecified atom stereocenters. The van der Waals surface area contributed by atoms with Crippen molar-refractivity contribution >= 4 is 28.2 Å². The van der Waals surface area contributed by atoms with Gasteiger partial charge in [-0.25, -0.2) is 13.8 Å². The first kappa shape index (κ1) is 23.1. The topological polar surface area (TPSA) is 75.7 Å². The van der Waals surface area contributed by atoms with Crippen molar-refractivity contribution in [1.82, 2.24) is 19.8 Å². The molecule has 2 N–H and O–H groups in total. The van der Waals surface area contributed by atoms with E-state index in [1.54, 1.807) is 6.07 Å². The summed E-state index contributed by atoms with van der Waals surface area (Å²) in [6, 6.07) is 4.43. The zero-order valence-electron chi connectivity index (χ0n) is 20.2. The van der Waals surface area contributed by atoms with Crippen LogP contribution >= 0.6 is 0 Å². The first-order valence-corrected chi connectivity index (χ1v) is 12.5. The first-order valence-electron chi connectivity index (χ1n) is 12.5. The molecule has 6 rings (SSSR count). The summed E-state index contributed by atoms with van der Waals surface area (Å²) in [6.07, 6.45) is 5.85. The molecule has 0 saturated carbocycles. The van der Waals surface area contributed by atoms with Gasteiger partial charge in [-0.15, -0.1) is 0 Å². The molecule has 1 amide bonds. The highest BCUT2D eigenvalue weighted by atomic mass is 19.1. The third-order valence-electron chi connectivity index (χ3n) is 7.80. The number of aromatic amines is 1. The zero-order valence-corrected chi connectivity index (χ0v) is 20.2. The fourth-order valence-electron chi connectivity index (χ4n) is 5.97. The van der Waals surface area contributed by atoms with Crippen LogP contribution in [-0.2, 0) is 11.3 Å². The number of hydrogen-bond donors (Lipinski definition) is 2. The van der Waals surface area contributed by atoms with E-state index in [1.165, 1.54) is 18.3 Å². The molecule has 3 aliphatic heterocycles. The van der Waals surface area contributed by atoms with Gasteiger partial charge in [-0.1, -0.05) is 6.08 Å². The number of aliphatic hydroxyl groups excluding tert-OH is 1. The average molecular weight is 494 g/mol. The van der Waals surface area contributed by atoms with Crippen LogP contribution in [0.1, 0.15) is 30.5 Å². The summed E-state index contributed by atoms with van der Waals surface area (Å²) in [6.45, 7) is 2.94. The predicted molar refractivity (Wildman–Crippen MR) is 134 cm³/mol. The average Bonchev–Trinajstić information content (AvgIpc) is 3.46. The summed E-state index contributed by atoms with van der Waals surface area (Å²) in [4.78, 5) is 26.5. The molecule has 188 valence electrons. The van der Waals surface area contributed by atoms with E-state index in [4.69, 9.17) is 0 Å². The number of aliphatic hydroxyl groups is 1. The number of amides is 1. The van der Waals surface area contributed by atoms with Crippen LogP contribution in [0.4, 0.5) is 14.5 Å². The molecular formula is C27H29F2N5O2. The number of fused-ring (bicyclic) bond motifs is 2. The second-order valence-corrected chi connectivity index (χ2v) is 9.98. The Balaban J connectivity index is 1.32. The Bertz CT molecular complexity index is 1380. The highest BCUT2D eigenvalue weighted by molar-refractivity contribution is 6.03. The van der Waals surface area contributed by atoms with E-state index in [1.807, 2.05) is 16.8 Å². The molecule has 1 aromatic carbocycles. The van der Waals surface area contributed by atoms with Crippen LogP contribution in [0.15, 0.2) is 30.5 Å². The second-order valence-electron chi connectivity index (χ2n) is 9.98. The number of rotatable bonds is 4. The fourth-order valence-corrected chi connectivity index (χ4v) is 5.97. The van der Waals surface area contributed by atoms with Gasteiger partial charge in [-0.3, -0.25) is 9.69 Å². The molecule has 1 atom stereocenters. The molecule has 36 heavy (non-hydrogen) atoms. The Hall–Kier alpha value is -3.30. The summed E-state index contributed by atoms with van der Waals surface area (Å²) in [5.41, 5.74) is 5.25. The Morgan fingerprint density at radius 2 is 2.14 bits per heavy atom. The molecule has 0 bridgehead atoms. The molecule has 3 aromatic rings. The molecule has 0 aliphatic carbocycles. The number of carbonyl (C=O) groups excluding carboxylic acids is 1. The summed E-state index contributed by atoms with van der Waals surface area (Å²) < 4.78 is 29.4. The maximum atomic E-state index is 15.2. The summed E-state index contributed by atoms with van der Waals surface area (Å²) in [7, 11) is 1.93. The van der Waals surface area contributed by atoms with Gasteiger partial charge in [0.2, 0.25) is 5.91 Å². The number of aromatic nitrogens is 2. The van der Waals surface area contributed by atoms with Gasteiger partial charge >= 0.3 is 0 Å². The molecule has 0 radical (unpaired) electrons. The monoisotopic (exact) mass is 493 g/mol. The van der Waals surface area contributed by atoms with Gasteiger partial charge < -0.3 is 19.9 Å². The van der Waals surface area contributed by atoms with Gasteiger partial charge in [0.05, 0.1) is 25.4 Å². The SMILES string of the molecule is CN1Cc2c(C3=CCN(CC(=O)N4CCC[C@H]4CO)CC3)[nH]c3ncc(F)c(c23)-c2cc(F)ccc21. The van der Waals surface area contributed by atoms with Gasteiger partial charge in [-0.2, -0.15) is 0 Å². The van der Waals surface area contributed by atoms with E-state index >= 15 is 4.39 Å². The number of halogens is 2. The van der Waals surface area contributed by atoms with Crippen molar-refractivity contribution in [3.8, 4) is 11.1 Å². The van der Waals surface area contributed by atoms with Crippen LogP contribution in [0, 0.1) is 11.6 Å². The Kier molecular flexibility index (Phi) is 5.76. The number of carbonyl (C=O) groups is 1. The lowest BCUT2D eigenvalue weighted by molar-refractivity contribution is -0.133. The van der Waals surface area contributed by atoms with E-state index in [-0.39, 0.29) is 18.6 Å². The fraction of sp³-hybridized carbons (Fsp3) is 0.407. The van der Waals surface area contributed by atoms with Crippen LogP contribution in [0.25, 0.3) is 27.7 Å². The summed E-state index contributed by atoms with van der Waals surface area (Å²) >= 11 is 0. The maximum absolute atomic E-state index is 15.2. The molecule has 5 heterocycles. The Morgan fingerprint density at radius 1 is 1.28 bits per heavy atom. The number of nitrogens with one attached hydrogen (secondary N) is 1. The van der Waals surface area contributed by atoms with Crippen molar-refractivity contribution in [3.05, 3.63) is 53.4 Å². The van der Waals surface area contributed by atoms with Crippen LogP contribution in [0.2, 0.25) is 0 Å². The van der Waals surface area contributed by atoms with Gasteiger partial charge in [0.25, 0.3) is 0 Å². The molecule has 1 fully saturated rings. The van der Waals surface area contributed by atoms with Crippen molar-refractivity contribution < 1.29 is 18.7 Å². The van der Waals surface area contributed by atoms with Crippen LogP contribution in [0.3, 0.4) is 0 Å². The third kappa shape index (κ3) is 3.77. The summed E-state index contributed by atoms with van der Waals surface area (Å²) in [5.74, 6) is -0.812. The van der Waals surface area contributed by atoms with Crippen LogP contribution in [-0.4, -0.2) is 76.7 Å². The van der Waals surface area contributed by atoms with Gasteiger partial charge in [0.15, 0.2) is 0 Å². The minimum atomic E-state index is -0.471. The van der Waals surface area contributed by atoms with E-state index in [0.29, 0.717) is 48.3 Å². The molecule has 2 aromatic heterocycles. The predicted octanol–water partition coefficient (Wildman–Crippen LogP) is 3.53. The van der Waals surface area contributed by atoms with Crippen molar-refractivity contribution in [1.29, 1.82) is 0 Å². The number of H-pyrrole nitrogens is 1. The molecular weight excluding hydrogens is 464 g/mol. The molecule has 7 nitrogen and oxygen atoms in total. The lowest BCUT2D eigenvalue weighted by Gasteiger charge is -2.30. The molecule has 9 heteroatoms. The van der Waals surface area contributed by atoms with Crippen LogP contribution < -0.4 is 4.90 Å². The smallest absolute Gasteiger partial charge is 0.237 e. The van der Waals surface area contributed by atoms with Gasteiger partial charge in [0.1, 0.15) is 17.3 Å². The van der Waals surface area contributed by atoms with Crippen molar-refractivity contribution in [2.24, 2.45) is 0 Å². The first-order chi connectivity index (χ1) is 17.4. The van der Waals surface area contributed by atoms with Gasteiger partial charge in [-0.05, 0) is 43.0 Å². The van der Waals surface area contributed by atoms with E-state index in [9.17, 15) is 14.3 Å². The number of nitrogens with zero attached hydrogens (tertiary/aromatic N) is 4. The van der Waals surface area contributed by atoms with E-state index in [2.05, 4.69) is 20.9 Å². The zero-order chi connectivity index (χ0) is 25.0. The lowest BCUT2D eigenvalue weighted by Crippen LogP contribution is -2.44. The number of benzene rings is 1. The number of pyridine rings is 1. The number of anilines is 1. The minimum absolute atomic E-state index is 0.0144. The largest absolute Gasteiger partial charge is 0.394 e. The Labute approximate surface area is 208 Å². The van der Waals surface area contributed by atoms with Crippen LogP contribution in [0.5, 0.6) is 0 Å². The number of likely N-dealkylation sites (tertiary alicyclic amines) is 1. The van der Waals surface area contributed by atoms with Crippen molar-refractivity contribution in [2.45, 2.75) is 31.8 Å². The molecule has 0 spiro atoms. The Morgan fingerprint density at radius 3 is 2.92 bits per heavy atom. The summed E-state index contributed by atoms with van der Waals surface area (Å²) in [5, 5.41) is 10.2. The lowest BCUT2D eigenvalue weighted by atomic mass is 9.97. The highest BCUT2D eigenvalue weighted by Gasteiger charge is 2.31. The molecule has 1 saturated heterocycles. The van der Waals surface area contributed by atoms with Crippen molar-refractivity contribution in [2.75, 3.05) is 44.7 Å².